The first-order chi connectivity index (χ1) is 8.77. The SMILES string of the molecule is [Na][C](=CC[CH]([Na])c1ccccc1)c1ccccc1. The topological polar surface area (TPSA) is 0 Å². The Hall–Kier alpha value is 0.180. The van der Waals surface area contributed by atoms with Crippen LogP contribution in [-0.4, -0.2) is 55.9 Å². The average molecular weight is 252 g/mol. The van der Waals surface area contributed by atoms with E-state index in [0.717, 1.165) is 31.1 Å². The Kier molecular flexibility index (Phi) is 6.23. The second kappa shape index (κ2) is 7.69. The van der Waals surface area contributed by atoms with Gasteiger partial charge < -0.3 is 0 Å². The molecule has 0 aliphatic heterocycles. The molecule has 0 heterocycles. The molecule has 0 fully saturated rings. The molecule has 0 radical (unpaired) electrons. The first-order valence-electron chi connectivity index (χ1n) is 6.54. The molecular formula is C16H14Na2. The Balaban J connectivity index is 2.03. The van der Waals surface area contributed by atoms with E-state index in [4.69, 9.17) is 0 Å². The Morgan fingerprint density at radius 1 is 0.944 bits per heavy atom. The van der Waals surface area contributed by atoms with Crippen LogP contribution in [0.1, 0.15) is 20.7 Å². The van der Waals surface area contributed by atoms with E-state index in [2.05, 4.69) is 66.7 Å². The molecule has 1 unspecified atom stereocenters. The van der Waals surface area contributed by atoms with Crippen LogP contribution < -0.4 is 0 Å². The molecule has 1 atom stereocenters. The molecule has 0 saturated heterocycles. The fraction of sp³-hybridized carbons (Fsp3) is 0.125. The van der Waals surface area contributed by atoms with Gasteiger partial charge in [-0.25, -0.2) is 0 Å². The van der Waals surface area contributed by atoms with Crippen LogP contribution in [-0.2, 0) is 0 Å². The number of allylic oxidation sites excluding steroid dienone is 1. The molecule has 0 bridgehead atoms. The van der Waals surface area contributed by atoms with Crippen LogP contribution in [0.25, 0.3) is 2.82 Å². The molecule has 0 amide bonds. The van der Waals surface area contributed by atoms with Crippen molar-refractivity contribution < 1.29 is 0 Å². The van der Waals surface area contributed by atoms with Crippen molar-refractivity contribution in [3.63, 3.8) is 0 Å². The van der Waals surface area contributed by atoms with E-state index < -0.39 is 0 Å². The third-order valence-electron chi connectivity index (χ3n) is 3.38. The number of rotatable bonds is 4. The van der Waals surface area contributed by atoms with Crippen molar-refractivity contribution in [1.82, 2.24) is 0 Å². The van der Waals surface area contributed by atoms with Gasteiger partial charge in [0, 0.05) is 0 Å². The summed E-state index contributed by atoms with van der Waals surface area (Å²) in [6.07, 6.45) is 3.62. The average Bonchev–Trinajstić information content (AvgIpc) is 2.46. The summed E-state index contributed by atoms with van der Waals surface area (Å²) in [6, 6.07) is 21.6. The van der Waals surface area contributed by atoms with Gasteiger partial charge >= 0.3 is 146 Å². The Morgan fingerprint density at radius 2 is 1.50 bits per heavy atom. The minimum absolute atomic E-state index is 0.735. The van der Waals surface area contributed by atoms with Gasteiger partial charge in [0.2, 0.25) is 0 Å². The van der Waals surface area contributed by atoms with E-state index in [-0.39, 0.29) is 0 Å². The van der Waals surface area contributed by atoms with Gasteiger partial charge in [-0.15, -0.1) is 0 Å². The molecule has 0 spiro atoms. The zero-order valence-corrected chi connectivity index (χ0v) is 15.1. The van der Waals surface area contributed by atoms with Gasteiger partial charge in [-0.3, -0.25) is 0 Å². The van der Waals surface area contributed by atoms with Crippen LogP contribution in [0.3, 0.4) is 0 Å². The third-order valence-corrected chi connectivity index (χ3v) is 5.50. The zero-order chi connectivity index (χ0) is 12.8. The van der Waals surface area contributed by atoms with Gasteiger partial charge in [0.15, 0.2) is 0 Å². The second-order valence-corrected chi connectivity index (χ2v) is 7.27. The summed E-state index contributed by atoms with van der Waals surface area (Å²) in [5.74, 6) is 0. The van der Waals surface area contributed by atoms with Gasteiger partial charge in [-0.05, 0) is 0 Å². The third kappa shape index (κ3) is 4.38. The summed E-state index contributed by atoms with van der Waals surface area (Å²) in [6.45, 7) is 0. The summed E-state index contributed by atoms with van der Waals surface area (Å²) in [5, 5.41) is 0. The quantitative estimate of drug-likeness (QED) is 0.731. The molecule has 2 rings (SSSR count). The monoisotopic (exact) mass is 252 g/mol. The Morgan fingerprint density at radius 3 is 2.11 bits per heavy atom. The van der Waals surface area contributed by atoms with E-state index in [9.17, 15) is 0 Å². The zero-order valence-electron chi connectivity index (χ0n) is 11.1. The molecule has 0 N–H and O–H groups in total. The van der Waals surface area contributed by atoms with Crippen LogP contribution in [0.15, 0.2) is 66.7 Å². The van der Waals surface area contributed by atoms with Crippen molar-refractivity contribution in [1.29, 1.82) is 0 Å². The normalized spacial score (nSPS) is 13.4. The number of benzene rings is 2. The van der Waals surface area contributed by atoms with E-state index in [1.54, 1.807) is 0 Å². The fourth-order valence-electron chi connectivity index (χ4n) is 2.09. The predicted molar refractivity (Wildman–Crippen MR) is 79.7 cm³/mol. The van der Waals surface area contributed by atoms with Crippen molar-refractivity contribution in [2.75, 3.05) is 0 Å². The molecule has 2 aromatic carbocycles. The molecule has 0 aliphatic carbocycles. The van der Waals surface area contributed by atoms with Gasteiger partial charge in [-0.2, -0.15) is 0 Å². The first kappa shape index (κ1) is 14.6. The summed E-state index contributed by atoms with van der Waals surface area (Å²) in [7, 11) is 0. The molecular weight excluding hydrogens is 238 g/mol. The second-order valence-electron chi connectivity index (χ2n) is 4.80. The summed E-state index contributed by atoms with van der Waals surface area (Å²) >= 11 is 2.34. The molecule has 2 heteroatoms. The van der Waals surface area contributed by atoms with E-state index >= 15 is 0 Å². The van der Waals surface area contributed by atoms with Gasteiger partial charge in [0.1, 0.15) is 0 Å². The van der Waals surface area contributed by atoms with E-state index in [1.807, 2.05) is 0 Å². The standard InChI is InChI=1S/C16H14.2Na/c1-3-9-15(10-4-1)13-7-8-14-16-11-5-2-6-12-16;;/h1-7,9-12,14H,8H2;;. The van der Waals surface area contributed by atoms with Crippen LogP contribution in [0, 0.1) is 0 Å². The maximum atomic E-state index is 2.44. The van der Waals surface area contributed by atoms with Crippen LogP contribution in [0.2, 0.25) is 0 Å². The van der Waals surface area contributed by atoms with Crippen molar-refractivity contribution >= 4 is 58.7 Å². The van der Waals surface area contributed by atoms with Crippen molar-refractivity contribution in [2.24, 2.45) is 0 Å². The molecule has 18 heavy (non-hydrogen) atoms. The van der Waals surface area contributed by atoms with Crippen molar-refractivity contribution in [3.8, 4) is 0 Å². The molecule has 0 aromatic heterocycles. The van der Waals surface area contributed by atoms with E-state index in [1.165, 1.54) is 48.3 Å². The van der Waals surface area contributed by atoms with Gasteiger partial charge in [0.05, 0.1) is 0 Å². The van der Waals surface area contributed by atoms with Crippen LogP contribution >= 0.6 is 0 Å². The Bertz CT molecular complexity index is 503. The molecule has 0 aliphatic rings. The van der Waals surface area contributed by atoms with Gasteiger partial charge in [0.25, 0.3) is 0 Å². The molecule has 80 valence electrons. The van der Waals surface area contributed by atoms with Crippen LogP contribution in [0.5, 0.6) is 0 Å². The molecule has 2 aromatic rings. The fourth-order valence-corrected chi connectivity index (χ4v) is 3.28. The van der Waals surface area contributed by atoms with Gasteiger partial charge in [-0.1, -0.05) is 0 Å². The summed E-state index contributed by atoms with van der Waals surface area (Å²) in [4.78, 5) is 0. The van der Waals surface area contributed by atoms with Crippen molar-refractivity contribution in [2.45, 2.75) is 9.59 Å². The summed E-state index contributed by atoms with van der Waals surface area (Å²) < 4.78 is 2.26. The first-order valence-corrected chi connectivity index (χ1v) is 8.70. The Labute approximate surface area is 144 Å². The predicted octanol–water partition coefficient (Wildman–Crippen LogP) is 3.50. The molecule has 0 saturated carbocycles. The number of hydrogen-bond acceptors (Lipinski definition) is 0. The summed E-state index contributed by atoms with van der Waals surface area (Å²) in [5.41, 5.74) is 2.88. The number of hydrogen-bond donors (Lipinski definition) is 0. The van der Waals surface area contributed by atoms with E-state index in [0.29, 0.717) is 0 Å². The minimum atomic E-state index is 0.735. The maximum absolute atomic E-state index is 2.44. The van der Waals surface area contributed by atoms with Crippen LogP contribution in [0.4, 0.5) is 0 Å². The van der Waals surface area contributed by atoms with Crippen molar-refractivity contribution in [3.05, 3.63) is 77.9 Å². The molecule has 0 nitrogen and oxygen atoms in total.